The van der Waals surface area contributed by atoms with E-state index in [0.29, 0.717) is 5.71 Å². The van der Waals surface area contributed by atoms with Crippen molar-refractivity contribution in [2.75, 3.05) is 0 Å². The lowest BCUT2D eigenvalue weighted by atomic mass is 10.4. The summed E-state index contributed by atoms with van der Waals surface area (Å²) in [7, 11) is 0. The summed E-state index contributed by atoms with van der Waals surface area (Å²) >= 11 is 1.60. The minimum absolute atomic E-state index is 0.706. The van der Waals surface area contributed by atoms with Gasteiger partial charge in [0.25, 0.3) is 0 Å². The molecule has 3 nitrogen and oxygen atoms in total. The van der Waals surface area contributed by atoms with E-state index in [1.54, 1.807) is 17.6 Å². The van der Waals surface area contributed by atoms with Crippen LogP contribution in [0.15, 0.2) is 34.5 Å². The number of hydrogen-bond acceptors (Lipinski definition) is 3. The quantitative estimate of drug-likeness (QED) is 0.488. The van der Waals surface area contributed by atoms with Crippen LogP contribution in [-0.4, -0.2) is 4.98 Å². The molecule has 0 radical (unpaired) electrons. The third-order valence-corrected chi connectivity index (χ3v) is 2.54. The predicted molar refractivity (Wildman–Crippen MR) is 45.0 cm³/mol. The first-order valence-electron chi connectivity index (χ1n) is 3.56. The van der Waals surface area contributed by atoms with Crippen molar-refractivity contribution >= 4 is 27.4 Å². The van der Waals surface area contributed by atoms with Gasteiger partial charge in [-0.15, -0.1) is 0 Å². The zero-order valence-corrected chi connectivity index (χ0v) is 6.91. The highest BCUT2D eigenvalue weighted by molar-refractivity contribution is 7.14. The highest BCUT2D eigenvalue weighted by atomic mass is 32.1. The molecule has 12 heavy (non-hydrogen) atoms. The van der Waals surface area contributed by atoms with Crippen molar-refractivity contribution in [3.05, 3.63) is 30.1 Å². The van der Waals surface area contributed by atoms with Crippen LogP contribution in [-0.2, 0) is 0 Å². The summed E-state index contributed by atoms with van der Waals surface area (Å²) in [6, 6.07) is 1.91. The second-order valence-corrected chi connectivity index (χ2v) is 3.39. The molecule has 0 aliphatic carbocycles. The number of aromatic nitrogens is 2. The van der Waals surface area contributed by atoms with Crippen LogP contribution in [0.5, 0.6) is 0 Å². The van der Waals surface area contributed by atoms with Gasteiger partial charge in [-0.2, -0.15) is 4.40 Å². The molecule has 3 aromatic heterocycles. The summed E-state index contributed by atoms with van der Waals surface area (Å²) in [5.74, 6) is 0. The van der Waals surface area contributed by atoms with Crippen molar-refractivity contribution in [1.82, 2.24) is 4.98 Å². The summed E-state index contributed by atoms with van der Waals surface area (Å²) in [6.07, 6.45) is 5.65. The molecule has 0 saturated heterocycles. The molecule has 0 atom stereocenters. The average Bonchev–Trinajstić information content (AvgIpc) is 2.64. The van der Waals surface area contributed by atoms with Crippen molar-refractivity contribution in [3.63, 3.8) is 0 Å². The van der Waals surface area contributed by atoms with E-state index >= 15 is 0 Å². The maximum absolute atomic E-state index is 5.18. The smallest absolute Gasteiger partial charge is 0.390 e. The average molecular weight is 177 g/mol. The molecule has 4 heteroatoms. The zero-order chi connectivity index (χ0) is 7.97. The minimum Gasteiger partial charge on any atom is -0.428 e. The van der Waals surface area contributed by atoms with Gasteiger partial charge >= 0.3 is 10.7 Å². The van der Waals surface area contributed by atoms with Crippen molar-refractivity contribution < 1.29 is 8.82 Å². The largest absolute Gasteiger partial charge is 0.428 e. The Bertz CT molecular complexity index is 449. The Morgan fingerprint density at radius 2 is 2.50 bits per heavy atom. The predicted octanol–water partition coefficient (Wildman–Crippen LogP) is 1.63. The van der Waals surface area contributed by atoms with Crippen LogP contribution in [0.4, 0.5) is 0 Å². The SMILES string of the molecule is c1cc2c[n+]3ccsc3nc2o1. The van der Waals surface area contributed by atoms with Gasteiger partial charge in [-0.1, -0.05) is 11.3 Å². The van der Waals surface area contributed by atoms with Crippen molar-refractivity contribution in [3.8, 4) is 0 Å². The number of furan rings is 1. The Balaban J connectivity index is 2.62. The van der Waals surface area contributed by atoms with Gasteiger partial charge in [-0.05, 0) is 6.07 Å². The van der Waals surface area contributed by atoms with Gasteiger partial charge < -0.3 is 4.42 Å². The van der Waals surface area contributed by atoms with E-state index in [1.807, 2.05) is 28.2 Å². The summed E-state index contributed by atoms with van der Waals surface area (Å²) < 4.78 is 7.17. The molecule has 0 fully saturated rings. The van der Waals surface area contributed by atoms with Gasteiger partial charge in [0.15, 0.2) is 0 Å². The molecule has 0 aliphatic heterocycles. The first-order valence-corrected chi connectivity index (χ1v) is 4.44. The third kappa shape index (κ3) is 0.698. The summed E-state index contributed by atoms with van der Waals surface area (Å²) in [5, 5.41) is 3.03. The second-order valence-electron chi connectivity index (χ2n) is 2.51. The van der Waals surface area contributed by atoms with E-state index in [2.05, 4.69) is 4.98 Å². The van der Waals surface area contributed by atoms with Crippen LogP contribution < -0.4 is 4.40 Å². The summed E-state index contributed by atoms with van der Waals surface area (Å²) in [4.78, 5) is 5.27. The molecule has 3 aromatic rings. The Kier molecular flexibility index (Phi) is 1.04. The molecule has 0 aromatic carbocycles. The van der Waals surface area contributed by atoms with Gasteiger partial charge in [0.05, 0.1) is 6.26 Å². The maximum Gasteiger partial charge on any atom is 0.390 e. The molecular weight excluding hydrogens is 172 g/mol. The molecule has 58 valence electrons. The number of hydrogen-bond donors (Lipinski definition) is 0. The van der Waals surface area contributed by atoms with Gasteiger partial charge in [-0.3, -0.25) is 0 Å². The van der Waals surface area contributed by atoms with Crippen molar-refractivity contribution in [2.45, 2.75) is 0 Å². The van der Waals surface area contributed by atoms with Gasteiger partial charge in [0.1, 0.15) is 17.8 Å². The standard InChI is InChI=1S/C8H5N2OS/c1-3-11-7-6(1)5-10-2-4-12-8(10)9-7/h1-5H/q+1. The van der Waals surface area contributed by atoms with Crippen LogP contribution in [0.25, 0.3) is 16.1 Å². The lowest BCUT2D eigenvalue weighted by Crippen LogP contribution is -2.17. The topological polar surface area (TPSA) is 30.1 Å². The minimum atomic E-state index is 0.706. The molecular formula is C8H5N2OS+. The molecule has 0 spiro atoms. The van der Waals surface area contributed by atoms with E-state index in [0.717, 1.165) is 10.3 Å². The Morgan fingerprint density at radius 1 is 1.50 bits per heavy atom. The molecule has 0 aliphatic rings. The van der Waals surface area contributed by atoms with Crippen LogP contribution in [0.1, 0.15) is 0 Å². The Labute approximate surface area is 71.9 Å². The Morgan fingerprint density at radius 3 is 3.50 bits per heavy atom. The summed E-state index contributed by atoms with van der Waals surface area (Å²) in [5.41, 5.74) is 0.706. The number of rotatable bonds is 0. The first kappa shape index (κ1) is 6.14. The third-order valence-electron chi connectivity index (χ3n) is 1.77. The van der Waals surface area contributed by atoms with Gasteiger partial charge in [0, 0.05) is 10.4 Å². The highest BCUT2D eigenvalue weighted by Gasteiger charge is 2.10. The molecule has 0 saturated carbocycles. The fourth-order valence-corrected chi connectivity index (χ4v) is 1.89. The number of fused-ring (bicyclic) bond motifs is 2. The fourth-order valence-electron chi connectivity index (χ4n) is 1.20. The van der Waals surface area contributed by atoms with Gasteiger partial charge in [0.2, 0.25) is 0 Å². The molecule has 3 heterocycles. The Hall–Kier alpha value is -1.42. The second kappa shape index (κ2) is 2.04. The first-order chi connectivity index (χ1) is 5.93. The van der Waals surface area contributed by atoms with Crippen LogP contribution in [0.3, 0.4) is 0 Å². The highest BCUT2D eigenvalue weighted by Crippen LogP contribution is 2.12. The fraction of sp³-hybridized carbons (Fsp3) is 0. The molecule has 0 bridgehead atoms. The van der Waals surface area contributed by atoms with E-state index in [4.69, 9.17) is 4.42 Å². The van der Waals surface area contributed by atoms with Crippen molar-refractivity contribution in [1.29, 1.82) is 0 Å². The molecule has 0 amide bonds. The van der Waals surface area contributed by atoms with Crippen LogP contribution in [0, 0.1) is 0 Å². The van der Waals surface area contributed by atoms with E-state index < -0.39 is 0 Å². The molecule has 3 rings (SSSR count). The number of thiazole rings is 1. The zero-order valence-electron chi connectivity index (χ0n) is 6.10. The maximum atomic E-state index is 5.18. The van der Waals surface area contributed by atoms with E-state index in [-0.39, 0.29) is 0 Å². The lowest BCUT2D eigenvalue weighted by Gasteiger charge is -1.79. The number of nitrogens with zero attached hydrogens (tertiary/aromatic N) is 2. The molecule has 0 unspecified atom stereocenters. The van der Waals surface area contributed by atoms with Crippen LogP contribution >= 0.6 is 11.3 Å². The van der Waals surface area contributed by atoms with E-state index in [1.165, 1.54) is 0 Å². The van der Waals surface area contributed by atoms with Gasteiger partial charge in [-0.25, -0.2) is 0 Å². The van der Waals surface area contributed by atoms with E-state index in [9.17, 15) is 0 Å². The van der Waals surface area contributed by atoms with Crippen LogP contribution in [0.2, 0.25) is 0 Å². The molecule has 0 N–H and O–H groups in total. The van der Waals surface area contributed by atoms with Crippen molar-refractivity contribution in [2.24, 2.45) is 0 Å². The normalized spacial score (nSPS) is 11.3. The summed E-state index contributed by atoms with van der Waals surface area (Å²) in [6.45, 7) is 0. The monoisotopic (exact) mass is 177 g/mol. The lowest BCUT2D eigenvalue weighted by molar-refractivity contribution is -0.508.